The van der Waals surface area contributed by atoms with Gasteiger partial charge in [-0.15, -0.1) is 0 Å². The molecule has 19 heavy (non-hydrogen) atoms. The third kappa shape index (κ3) is 4.00. The lowest BCUT2D eigenvalue weighted by Gasteiger charge is -2.10. The van der Waals surface area contributed by atoms with Crippen LogP contribution in [0, 0.1) is 11.3 Å². The average Bonchev–Trinajstić information content (AvgIpc) is 3.01. The zero-order valence-electron chi connectivity index (χ0n) is 12.3. The van der Waals surface area contributed by atoms with Crippen LogP contribution in [-0.2, 0) is 0 Å². The highest BCUT2D eigenvalue weighted by Crippen LogP contribution is 2.51. The number of rotatable bonds is 7. The molecule has 1 aromatic heterocycles. The van der Waals surface area contributed by atoms with Crippen LogP contribution in [0.2, 0.25) is 0 Å². The predicted molar refractivity (Wildman–Crippen MR) is 83.0 cm³/mol. The number of hydrogen-bond donors (Lipinski definition) is 2. The molecule has 1 heterocycles. The predicted octanol–water partition coefficient (Wildman–Crippen LogP) is 3.48. The number of nitrogens with one attached hydrogen (secondary N) is 2. The number of nitrogens with zero attached hydrogens (tertiary/aromatic N) is 2. The topological polar surface area (TPSA) is 49.8 Å². The fourth-order valence-corrected chi connectivity index (χ4v) is 2.48. The fraction of sp³-hybridized carbons (Fsp3) is 0.714. The van der Waals surface area contributed by atoms with Crippen molar-refractivity contribution in [2.45, 2.75) is 38.8 Å². The summed E-state index contributed by atoms with van der Waals surface area (Å²) >= 11 is 1.58. The summed E-state index contributed by atoms with van der Waals surface area (Å²) in [7, 11) is 0. The highest BCUT2D eigenvalue weighted by molar-refractivity contribution is 7.98. The minimum Gasteiger partial charge on any atom is -0.370 e. The number of anilines is 2. The minimum absolute atomic E-state index is 0.506. The van der Waals surface area contributed by atoms with Gasteiger partial charge >= 0.3 is 0 Å². The number of thioether (sulfide) groups is 1. The molecule has 0 saturated heterocycles. The van der Waals surface area contributed by atoms with Crippen molar-refractivity contribution < 1.29 is 0 Å². The van der Waals surface area contributed by atoms with Crippen molar-refractivity contribution in [3.63, 3.8) is 0 Å². The standard InChI is InChI=1S/C14H24N4S/c1-5-6-15-11-7-12(18-13(17-11)19-4)16-9-10-8-14(10,2)3/h7,10H,5-6,8-9H2,1-4H3,(H2,15,16,17,18). The van der Waals surface area contributed by atoms with Gasteiger partial charge in [-0.2, -0.15) is 0 Å². The summed E-state index contributed by atoms with van der Waals surface area (Å²) in [4.78, 5) is 8.97. The van der Waals surface area contributed by atoms with E-state index >= 15 is 0 Å². The zero-order valence-corrected chi connectivity index (χ0v) is 13.1. The molecular weight excluding hydrogens is 256 g/mol. The Kier molecular flexibility index (Phi) is 4.55. The molecule has 1 aliphatic carbocycles. The lowest BCUT2D eigenvalue weighted by atomic mass is 10.1. The third-order valence-electron chi connectivity index (χ3n) is 3.69. The van der Waals surface area contributed by atoms with E-state index in [1.54, 1.807) is 11.8 Å². The molecule has 0 amide bonds. The molecule has 1 atom stereocenters. The van der Waals surface area contributed by atoms with Gasteiger partial charge in [-0.05, 0) is 30.4 Å². The molecule has 0 radical (unpaired) electrons. The Morgan fingerprint density at radius 2 is 1.95 bits per heavy atom. The lowest BCUT2D eigenvalue weighted by Crippen LogP contribution is -2.10. The number of hydrogen-bond acceptors (Lipinski definition) is 5. The zero-order chi connectivity index (χ0) is 13.9. The molecule has 1 fully saturated rings. The second-order valence-electron chi connectivity index (χ2n) is 5.82. The summed E-state index contributed by atoms with van der Waals surface area (Å²) in [6, 6.07) is 2.00. The van der Waals surface area contributed by atoms with Crippen molar-refractivity contribution in [1.29, 1.82) is 0 Å². The highest BCUT2D eigenvalue weighted by atomic mass is 32.2. The van der Waals surface area contributed by atoms with Crippen molar-refractivity contribution in [2.75, 3.05) is 30.0 Å². The van der Waals surface area contributed by atoms with Crippen molar-refractivity contribution in [2.24, 2.45) is 11.3 Å². The summed E-state index contributed by atoms with van der Waals surface area (Å²) in [5.74, 6) is 2.62. The lowest BCUT2D eigenvalue weighted by molar-refractivity contribution is 0.572. The van der Waals surface area contributed by atoms with Crippen LogP contribution in [0.3, 0.4) is 0 Å². The van der Waals surface area contributed by atoms with Gasteiger partial charge in [-0.1, -0.05) is 32.5 Å². The van der Waals surface area contributed by atoms with Gasteiger partial charge in [0.25, 0.3) is 0 Å². The molecule has 1 aliphatic rings. The summed E-state index contributed by atoms with van der Waals surface area (Å²) in [5.41, 5.74) is 0.506. The molecule has 1 unspecified atom stereocenters. The number of aromatic nitrogens is 2. The van der Waals surface area contributed by atoms with Crippen LogP contribution in [0.1, 0.15) is 33.6 Å². The molecule has 106 valence electrons. The van der Waals surface area contributed by atoms with Crippen LogP contribution in [0.15, 0.2) is 11.2 Å². The first-order valence-electron chi connectivity index (χ1n) is 6.96. The van der Waals surface area contributed by atoms with Crippen molar-refractivity contribution in [1.82, 2.24) is 9.97 Å². The molecule has 0 spiro atoms. The normalized spacial score (nSPS) is 20.1. The van der Waals surface area contributed by atoms with E-state index in [9.17, 15) is 0 Å². The van der Waals surface area contributed by atoms with E-state index in [0.29, 0.717) is 5.41 Å². The second kappa shape index (κ2) is 5.99. The first-order valence-corrected chi connectivity index (χ1v) is 8.18. The first-order chi connectivity index (χ1) is 9.05. The van der Waals surface area contributed by atoms with E-state index in [1.165, 1.54) is 6.42 Å². The van der Waals surface area contributed by atoms with Crippen LogP contribution in [0.4, 0.5) is 11.6 Å². The van der Waals surface area contributed by atoms with Gasteiger partial charge in [0.15, 0.2) is 5.16 Å². The Labute approximate surface area is 120 Å². The largest absolute Gasteiger partial charge is 0.370 e. The minimum atomic E-state index is 0.506. The Morgan fingerprint density at radius 1 is 1.32 bits per heavy atom. The van der Waals surface area contributed by atoms with E-state index in [0.717, 1.165) is 42.2 Å². The Balaban J connectivity index is 1.98. The molecule has 2 N–H and O–H groups in total. The van der Waals surface area contributed by atoms with Gasteiger partial charge in [0.05, 0.1) is 0 Å². The monoisotopic (exact) mass is 280 g/mol. The maximum absolute atomic E-state index is 4.51. The van der Waals surface area contributed by atoms with E-state index in [1.807, 2.05) is 12.3 Å². The van der Waals surface area contributed by atoms with Gasteiger partial charge in [0, 0.05) is 19.2 Å². The molecule has 0 aromatic carbocycles. The van der Waals surface area contributed by atoms with Crippen molar-refractivity contribution in [3.8, 4) is 0 Å². The van der Waals surface area contributed by atoms with Gasteiger partial charge in [-0.3, -0.25) is 0 Å². The summed E-state index contributed by atoms with van der Waals surface area (Å²) < 4.78 is 0. The van der Waals surface area contributed by atoms with Gasteiger partial charge < -0.3 is 10.6 Å². The van der Waals surface area contributed by atoms with Gasteiger partial charge in [-0.25, -0.2) is 9.97 Å². The summed E-state index contributed by atoms with van der Waals surface area (Å²) in [6.07, 6.45) is 4.41. The molecule has 0 aliphatic heterocycles. The van der Waals surface area contributed by atoms with E-state index in [-0.39, 0.29) is 0 Å². The molecule has 4 nitrogen and oxygen atoms in total. The Morgan fingerprint density at radius 3 is 2.47 bits per heavy atom. The third-order valence-corrected chi connectivity index (χ3v) is 4.24. The molecule has 1 saturated carbocycles. The summed E-state index contributed by atoms with van der Waals surface area (Å²) in [6.45, 7) is 8.74. The Bertz CT molecular complexity index is 433. The van der Waals surface area contributed by atoms with Gasteiger partial charge in [0.2, 0.25) is 0 Å². The van der Waals surface area contributed by atoms with E-state index in [2.05, 4.69) is 41.4 Å². The molecular formula is C14H24N4S. The Hall–Kier alpha value is -0.970. The maximum Gasteiger partial charge on any atom is 0.191 e. The van der Waals surface area contributed by atoms with Crippen LogP contribution >= 0.6 is 11.8 Å². The summed E-state index contributed by atoms with van der Waals surface area (Å²) in [5, 5.41) is 7.59. The highest BCUT2D eigenvalue weighted by Gasteiger charge is 2.44. The van der Waals surface area contributed by atoms with E-state index < -0.39 is 0 Å². The molecule has 2 rings (SSSR count). The van der Waals surface area contributed by atoms with Crippen LogP contribution in [0.5, 0.6) is 0 Å². The van der Waals surface area contributed by atoms with Crippen LogP contribution < -0.4 is 10.6 Å². The average molecular weight is 280 g/mol. The SMILES string of the molecule is CCCNc1cc(NCC2CC2(C)C)nc(SC)n1. The quantitative estimate of drug-likeness (QED) is 0.591. The fourth-order valence-electron chi connectivity index (χ4n) is 2.10. The maximum atomic E-state index is 4.51. The first kappa shape index (κ1) is 14.4. The van der Waals surface area contributed by atoms with Crippen molar-refractivity contribution >= 4 is 23.4 Å². The molecule has 5 heteroatoms. The van der Waals surface area contributed by atoms with Crippen LogP contribution in [0.25, 0.3) is 0 Å². The van der Waals surface area contributed by atoms with E-state index in [4.69, 9.17) is 0 Å². The molecule has 1 aromatic rings. The molecule has 0 bridgehead atoms. The smallest absolute Gasteiger partial charge is 0.191 e. The second-order valence-corrected chi connectivity index (χ2v) is 6.60. The van der Waals surface area contributed by atoms with Crippen LogP contribution in [-0.4, -0.2) is 29.3 Å². The van der Waals surface area contributed by atoms with Crippen molar-refractivity contribution in [3.05, 3.63) is 6.07 Å². The van der Waals surface area contributed by atoms with Gasteiger partial charge in [0.1, 0.15) is 11.6 Å².